The molecule has 0 unspecified atom stereocenters. The van der Waals surface area contributed by atoms with Gasteiger partial charge in [-0.25, -0.2) is 14.4 Å². The molecule has 3 heterocycles. The molecule has 0 spiro atoms. The number of amides is 1. The number of likely N-dealkylation sites (N-methyl/N-ethyl adjacent to an activating group) is 1. The zero-order chi connectivity index (χ0) is 21.1. The zero-order valence-electron chi connectivity index (χ0n) is 17.0. The summed E-state index contributed by atoms with van der Waals surface area (Å²) < 4.78 is 19.1. The van der Waals surface area contributed by atoms with Crippen LogP contribution in [0.1, 0.15) is 5.89 Å². The number of carbonyl (C=O) groups is 1. The molecule has 0 aliphatic carbocycles. The summed E-state index contributed by atoms with van der Waals surface area (Å²) in [6.07, 6.45) is 3.09. The molecule has 0 saturated carbocycles. The Labute approximate surface area is 173 Å². The molecule has 1 saturated heterocycles. The van der Waals surface area contributed by atoms with E-state index in [1.165, 1.54) is 18.4 Å². The second-order valence-corrected chi connectivity index (χ2v) is 7.36. The summed E-state index contributed by atoms with van der Waals surface area (Å²) in [7, 11) is 3.51. The van der Waals surface area contributed by atoms with Crippen LogP contribution >= 0.6 is 0 Å². The quantitative estimate of drug-likeness (QED) is 0.652. The summed E-state index contributed by atoms with van der Waals surface area (Å²) in [5, 5.41) is 3.94. The molecular weight excluding hydrogens is 389 g/mol. The van der Waals surface area contributed by atoms with Gasteiger partial charge >= 0.3 is 0 Å². The molecule has 1 amide bonds. The van der Waals surface area contributed by atoms with E-state index in [4.69, 9.17) is 4.42 Å². The lowest BCUT2D eigenvalue weighted by molar-refractivity contribution is -0.129. The smallest absolute Gasteiger partial charge is 0.236 e. The van der Waals surface area contributed by atoms with Gasteiger partial charge in [0.2, 0.25) is 17.7 Å². The number of fused-ring (bicyclic) bond motifs is 1. The topological polar surface area (TPSA) is 90.6 Å². The van der Waals surface area contributed by atoms with Crippen molar-refractivity contribution in [3.8, 4) is 0 Å². The Bertz CT molecular complexity index is 1020. The van der Waals surface area contributed by atoms with Gasteiger partial charge in [-0.3, -0.25) is 9.69 Å². The van der Waals surface area contributed by atoms with Crippen molar-refractivity contribution < 1.29 is 13.6 Å². The third-order valence-electron chi connectivity index (χ3n) is 5.05. The monoisotopic (exact) mass is 413 g/mol. The average molecular weight is 413 g/mol. The fraction of sp³-hybridized carbons (Fsp3) is 0.400. The van der Waals surface area contributed by atoms with E-state index in [1.54, 1.807) is 31.3 Å². The van der Waals surface area contributed by atoms with E-state index in [0.717, 1.165) is 18.5 Å². The Morgan fingerprint density at radius 2 is 2.03 bits per heavy atom. The van der Waals surface area contributed by atoms with Crippen LogP contribution in [0.4, 0.5) is 16.2 Å². The molecule has 0 radical (unpaired) electrons. The number of oxazole rings is 1. The van der Waals surface area contributed by atoms with Crippen LogP contribution in [-0.2, 0) is 11.3 Å². The Morgan fingerprint density at radius 1 is 1.23 bits per heavy atom. The number of nitrogens with zero attached hydrogens (tertiary/aromatic N) is 6. The minimum absolute atomic E-state index is 0.0823. The molecule has 9 nitrogen and oxygen atoms in total. The van der Waals surface area contributed by atoms with Crippen LogP contribution in [-0.4, -0.2) is 77.5 Å². The number of hydrogen-bond acceptors (Lipinski definition) is 8. The lowest BCUT2D eigenvalue weighted by atomic mass is 10.2. The molecule has 1 aromatic carbocycles. The molecule has 0 bridgehead atoms. The molecule has 1 N–H and O–H groups in total. The van der Waals surface area contributed by atoms with E-state index in [9.17, 15) is 9.18 Å². The van der Waals surface area contributed by atoms with E-state index in [-0.39, 0.29) is 11.7 Å². The third-order valence-corrected chi connectivity index (χ3v) is 5.05. The number of carbonyl (C=O) groups excluding carboxylic acids is 1. The highest BCUT2D eigenvalue weighted by molar-refractivity contribution is 5.90. The predicted octanol–water partition coefficient (Wildman–Crippen LogP) is 1.58. The molecule has 2 aromatic heterocycles. The largest absolute Gasteiger partial charge is 0.447 e. The SMILES string of the molecule is CN(C)C(=O)CN1CCN(c2nc(NCc3ncco3)c3ccc(F)cc3n2)CC1. The number of aromatic nitrogens is 3. The number of piperazine rings is 1. The first-order valence-corrected chi connectivity index (χ1v) is 9.76. The lowest BCUT2D eigenvalue weighted by Gasteiger charge is -2.34. The van der Waals surface area contributed by atoms with Gasteiger partial charge in [0.15, 0.2) is 0 Å². The van der Waals surface area contributed by atoms with Gasteiger partial charge in [-0.05, 0) is 12.1 Å². The number of rotatable bonds is 6. The molecule has 158 valence electrons. The maximum absolute atomic E-state index is 13.8. The maximum Gasteiger partial charge on any atom is 0.236 e. The molecule has 0 atom stereocenters. The standard InChI is InChI=1S/C20H24FN7O2/c1-26(2)18(29)13-27-6-8-28(9-7-27)20-24-16-11-14(21)3-4-15(16)19(25-20)23-12-17-22-5-10-30-17/h3-5,10-11H,6-9,12-13H2,1-2H3,(H,23,24,25). The first kappa shape index (κ1) is 20.0. The van der Waals surface area contributed by atoms with Gasteiger partial charge in [0.1, 0.15) is 17.9 Å². The second-order valence-electron chi connectivity index (χ2n) is 7.36. The Hall–Kier alpha value is -3.27. The van der Waals surface area contributed by atoms with E-state index >= 15 is 0 Å². The molecule has 4 rings (SSSR count). The van der Waals surface area contributed by atoms with Crippen LogP contribution in [0, 0.1) is 5.82 Å². The highest BCUT2D eigenvalue weighted by atomic mass is 19.1. The minimum atomic E-state index is -0.349. The number of nitrogens with one attached hydrogen (secondary N) is 1. The van der Waals surface area contributed by atoms with Crippen LogP contribution in [0.15, 0.2) is 35.1 Å². The summed E-state index contributed by atoms with van der Waals surface area (Å²) >= 11 is 0. The highest BCUT2D eigenvalue weighted by Crippen LogP contribution is 2.25. The normalized spacial score (nSPS) is 14.8. The predicted molar refractivity (Wildman–Crippen MR) is 111 cm³/mol. The number of hydrogen-bond donors (Lipinski definition) is 1. The molecule has 10 heteroatoms. The summed E-state index contributed by atoms with van der Waals surface area (Å²) in [6.45, 7) is 3.57. The summed E-state index contributed by atoms with van der Waals surface area (Å²) in [6, 6.07) is 4.46. The third kappa shape index (κ3) is 4.48. The lowest BCUT2D eigenvalue weighted by Crippen LogP contribution is -2.49. The Balaban J connectivity index is 1.53. The van der Waals surface area contributed by atoms with E-state index in [1.807, 2.05) is 0 Å². The first-order valence-electron chi connectivity index (χ1n) is 9.76. The van der Waals surface area contributed by atoms with Crippen molar-refractivity contribution in [2.75, 3.05) is 57.0 Å². The van der Waals surface area contributed by atoms with Crippen molar-refractivity contribution in [1.82, 2.24) is 24.8 Å². The molecular formula is C20H24FN7O2. The van der Waals surface area contributed by atoms with E-state index in [2.05, 4.69) is 30.1 Å². The van der Waals surface area contributed by atoms with Crippen LogP contribution < -0.4 is 10.2 Å². The fourth-order valence-corrected chi connectivity index (χ4v) is 3.30. The van der Waals surface area contributed by atoms with Gasteiger partial charge in [-0.2, -0.15) is 4.98 Å². The van der Waals surface area contributed by atoms with Gasteiger partial charge in [-0.15, -0.1) is 0 Å². The second kappa shape index (κ2) is 8.62. The van der Waals surface area contributed by atoms with Crippen LogP contribution in [0.25, 0.3) is 10.9 Å². The summed E-state index contributed by atoms with van der Waals surface area (Å²) in [4.78, 5) is 31.1. The summed E-state index contributed by atoms with van der Waals surface area (Å²) in [5.41, 5.74) is 0.528. The van der Waals surface area contributed by atoms with Crippen LogP contribution in [0.3, 0.4) is 0 Å². The molecule has 3 aromatic rings. The number of benzene rings is 1. The summed E-state index contributed by atoms with van der Waals surface area (Å²) in [5.74, 6) is 1.39. The van der Waals surface area contributed by atoms with Crippen molar-refractivity contribution in [3.05, 3.63) is 42.4 Å². The molecule has 1 aliphatic rings. The van der Waals surface area contributed by atoms with E-state index in [0.29, 0.717) is 49.4 Å². The minimum Gasteiger partial charge on any atom is -0.447 e. The van der Waals surface area contributed by atoms with Crippen molar-refractivity contribution in [2.24, 2.45) is 0 Å². The van der Waals surface area contributed by atoms with Crippen molar-refractivity contribution in [1.29, 1.82) is 0 Å². The van der Waals surface area contributed by atoms with Gasteiger partial charge in [0.25, 0.3) is 0 Å². The van der Waals surface area contributed by atoms with Gasteiger partial charge < -0.3 is 19.5 Å². The van der Waals surface area contributed by atoms with Gasteiger partial charge in [0, 0.05) is 51.7 Å². The maximum atomic E-state index is 13.8. The average Bonchev–Trinajstić information content (AvgIpc) is 3.25. The highest BCUT2D eigenvalue weighted by Gasteiger charge is 2.22. The van der Waals surface area contributed by atoms with Crippen LogP contribution in [0.2, 0.25) is 0 Å². The van der Waals surface area contributed by atoms with Crippen molar-refractivity contribution in [3.63, 3.8) is 0 Å². The van der Waals surface area contributed by atoms with Crippen molar-refractivity contribution in [2.45, 2.75) is 6.54 Å². The molecule has 1 aliphatic heterocycles. The number of anilines is 2. The van der Waals surface area contributed by atoms with Crippen molar-refractivity contribution >= 4 is 28.6 Å². The first-order chi connectivity index (χ1) is 14.5. The zero-order valence-corrected chi connectivity index (χ0v) is 17.0. The molecule has 30 heavy (non-hydrogen) atoms. The Morgan fingerprint density at radius 3 is 2.73 bits per heavy atom. The van der Waals surface area contributed by atoms with Crippen LogP contribution in [0.5, 0.6) is 0 Å². The van der Waals surface area contributed by atoms with E-state index < -0.39 is 0 Å². The Kier molecular flexibility index (Phi) is 5.75. The van der Waals surface area contributed by atoms with Gasteiger partial charge in [0.05, 0.1) is 24.8 Å². The molecule has 1 fully saturated rings. The number of halogens is 1. The van der Waals surface area contributed by atoms with Gasteiger partial charge in [-0.1, -0.05) is 0 Å². The fourth-order valence-electron chi connectivity index (χ4n) is 3.30.